The van der Waals surface area contributed by atoms with Crippen molar-refractivity contribution >= 4 is 35.1 Å². The Morgan fingerprint density at radius 3 is 1.02 bits per heavy atom. The number of nitrogens with one attached hydrogen (secondary N) is 2. The molecule has 0 spiro atoms. The van der Waals surface area contributed by atoms with Crippen LogP contribution in [-0.4, -0.2) is 206 Å². The predicted molar refractivity (Wildman–Crippen MR) is 311 cm³/mol. The Morgan fingerprint density at radius 1 is 0.439 bits per heavy atom. The van der Waals surface area contributed by atoms with E-state index in [0.29, 0.717) is 31.8 Å². The van der Waals surface area contributed by atoms with E-state index in [9.17, 15) is 111 Å². The average Bonchev–Trinajstić information content (AvgIpc) is 1.60. The number of aromatic nitrogens is 4. The summed E-state index contributed by atoms with van der Waals surface area (Å²) in [6.07, 6.45) is -2.83. The normalized spacial score (nSPS) is 32.8. The van der Waals surface area contributed by atoms with Crippen LogP contribution in [0.15, 0.2) is 80.5 Å². The molecule has 5 saturated heterocycles. The van der Waals surface area contributed by atoms with Crippen LogP contribution < -0.4 is 22.5 Å². The first kappa shape index (κ1) is 79.8. The number of halogens is 12. The third kappa shape index (κ3) is 14.7. The van der Waals surface area contributed by atoms with E-state index in [4.69, 9.17) is 33.9 Å². The van der Waals surface area contributed by atoms with Gasteiger partial charge < -0.3 is 44.1 Å². The molecule has 0 unspecified atom stereocenters. The van der Waals surface area contributed by atoms with Crippen LogP contribution in [0.4, 0.5) is 52.7 Å². The molecule has 548 valence electrons. The maximum Gasteiger partial charge on any atom is 0.330 e. The monoisotopic (exact) mass is 1430 g/mol. The van der Waals surface area contributed by atoms with E-state index < -0.39 is 223 Å². The molecule has 13 atom stereocenters. The number of ether oxygens (including phenoxy) is 5. The Hall–Kier alpha value is -7.20. The van der Waals surface area contributed by atoms with E-state index in [1.165, 1.54) is 20.8 Å². The van der Waals surface area contributed by atoms with Gasteiger partial charge in [-0.1, -0.05) is 55.4 Å². The molecule has 38 heteroatoms. The van der Waals surface area contributed by atoms with Gasteiger partial charge in [-0.3, -0.25) is 72.2 Å². The minimum absolute atomic E-state index is 0.0709. The first-order valence-electron chi connectivity index (χ1n) is 30.5. The van der Waals surface area contributed by atoms with Crippen molar-refractivity contribution in [3.05, 3.63) is 103 Å². The van der Waals surface area contributed by atoms with Gasteiger partial charge in [-0.25, -0.2) is 62.3 Å². The Balaban J connectivity index is 0.000000193. The number of aliphatic hydroxyl groups is 4. The zero-order valence-electron chi connectivity index (χ0n) is 53.8. The molecule has 98 heavy (non-hydrogen) atoms. The molecule has 0 saturated carbocycles. The van der Waals surface area contributed by atoms with E-state index in [1.54, 1.807) is 20.8 Å². The smallest absolute Gasteiger partial charge is 0.330 e. The number of hydrogen-bond acceptors (Lipinski definition) is 19. The molecule has 5 fully saturated rings. The molecule has 0 radical (unpaired) electrons. The molecule has 26 nitrogen and oxygen atoms in total. The molecule has 10 heterocycles. The zero-order chi connectivity index (χ0) is 74.0. The molecule has 0 bridgehead atoms. The Labute approximate surface area is 548 Å². The number of H-pyrrole nitrogens is 2. The summed E-state index contributed by atoms with van der Waals surface area (Å²) in [4.78, 5) is 119. The van der Waals surface area contributed by atoms with Gasteiger partial charge in [0.05, 0.1) is 87.0 Å². The van der Waals surface area contributed by atoms with Crippen molar-refractivity contribution in [2.45, 2.75) is 183 Å². The number of allylic oxidation sites excluding steroid dienone is 3. The Bertz CT molecular complexity index is 3400. The number of hydrogen-bond donors (Lipinski definition) is 6. The molecule has 2 aromatic heterocycles. The van der Waals surface area contributed by atoms with Crippen LogP contribution in [0.2, 0.25) is 0 Å². The fraction of sp³-hybridized carbons (Fsp3) is 0.667. The summed E-state index contributed by atoms with van der Waals surface area (Å²) in [6, 6.07) is 1.86. The van der Waals surface area contributed by atoms with Crippen molar-refractivity contribution < 1.29 is 126 Å². The lowest BCUT2D eigenvalue weighted by molar-refractivity contribution is -0.178. The van der Waals surface area contributed by atoms with E-state index in [-0.39, 0.29) is 18.6 Å². The number of nitrogens with zero attached hydrogens (tertiary/aromatic N) is 5. The van der Waals surface area contributed by atoms with E-state index in [0.717, 1.165) is 80.1 Å². The number of ketones is 3. The Kier molecular flexibility index (Phi) is 24.4. The van der Waals surface area contributed by atoms with Gasteiger partial charge in [0, 0.05) is 43.1 Å². The lowest BCUT2D eigenvalue weighted by atomic mass is 9.82. The zero-order valence-corrected chi connectivity index (χ0v) is 53.8. The van der Waals surface area contributed by atoms with Gasteiger partial charge in [-0.05, 0) is 37.5 Å². The number of carbonyl (C=O) groups excluding carboxylic acids is 6. The van der Waals surface area contributed by atoms with E-state index >= 15 is 0 Å². The molecule has 3 amide bonds. The van der Waals surface area contributed by atoms with Crippen molar-refractivity contribution in [3.8, 4) is 0 Å². The molecular formula is C60H75F12N7O19. The standard InChI is InChI=1S/C14H19F2NO3.C13H16F3NO3.C12H14F3NO4.C11H14F2N2O5.C10H12F2N2O4/c1-4-13(5-2)9(3)14(15,16)12(20-13)17-7-6-10(18)8-11(17)19;1-3-12(7-14)8(2)13(15,16)11(20-12)17-5-4-9(18)6-10(17)19;1-7-11(5-13,6-17)20-10(12(7,14)15)16-3-2-8(18)4-9(16)19;1-6-10(4-16,5-17)20-8(11(6,12)13)15-3-2-7(18)14-9(15)19;1-5-6(4-15)18-8(10(5,11)12)14-3-2-7(16)13-9(14)17/h6-7,9,12H,4-5,8H2,1-3H3;4-5,8,11H,3,6-7H2,1-2H3;2-3,7,10,17H,4-6H2,1H3;2-3,6,8,16-17H,4-5H2,1H3,(H,14,18,19);2-3,5-6,8,15H,4H2,1H3,(H,13,16,17)/t9-,12-;8-,11-,12+;7-,10-,11-;6-,8-;5-,6-,8-/m11111/s1. The van der Waals surface area contributed by atoms with E-state index in [2.05, 4.69) is 0 Å². The lowest BCUT2D eigenvalue weighted by Crippen LogP contribution is -2.48. The first-order chi connectivity index (χ1) is 45.5. The highest BCUT2D eigenvalue weighted by molar-refractivity contribution is 6.07. The van der Waals surface area contributed by atoms with Crippen LogP contribution in [0.25, 0.3) is 0 Å². The topological polar surface area (TPSA) is 349 Å². The van der Waals surface area contributed by atoms with Gasteiger partial charge in [0.1, 0.15) is 30.2 Å². The van der Waals surface area contributed by atoms with Gasteiger partial charge in [-0.15, -0.1) is 0 Å². The van der Waals surface area contributed by atoms with Crippen LogP contribution in [-0.2, 0) is 52.5 Å². The first-order valence-corrected chi connectivity index (χ1v) is 30.5. The molecule has 8 aliphatic heterocycles. The van der Waals surface area contributed by atoms with Crippen LogP contribution in [0.5, 0.6) is 0 Å². The second kappa shape index (κ2) is 29.9. The van der Waals surface area contributed by atoms with Gasteiger partial charge in [0.15, 0.2) is 17.3 Å². The minimum Gasteiger partial charge on any atom is -0.394 e. The summed E-state index contributed by atoms with van der Waals surface area (Å²) in [7, 11) is 0. The highest BCUT2D eigenvalue weighted by atomic mass is 19.3. The summed E-state index contributed by atoms with van der Waals surface area (Å²) >= 11 is 0. The van der Waals surface area contributed by atoms with E-state index in [1.807, 2.05) is 9.97 Å². The average molecular weight is 1430 g/mol. The SMILES string of the molecule is CCC1(CC)O[C@@H](N2C=CC(=O)CC2=O)C(F)(F)[C@@H]1C.CC[C@@]1(CF)O[C@@H](N2C=CC(=O)CC2=O)C(F)(F)[C@@H]1C.C[C@@H]1C(CO)(CO)O[C@@H](n2ccc(=O)[nH]c2=O)C1(F)F.C[C@@H]1[C@@H](CO)O[C@@H](n2ccc(=O)[nH]c2=O)C1(F)F.C[C@H]1C(F)(F)[C@H](N2C=CC(=O)CC2=O)O[C@@]1(CO)CF. The summed E-state index contributed by atoms with van der Waals surface area (Å²) in [6.45, 7) is 5.74. The summed E-state index contributed by atoms with van der Waals surface area (Å²) in [5.41, 5.74) is -9.89. The number of alkyl halides is 12. The van der Waals surface area contributed by atoms with Crippen molar-refractivity contribution in [2.24, 2.45) is 29.6 Å². The fourth-order valence-corrected chi connectivity index (χ4v) is 12.0. The summed E-state index contributed by atoms with van der Waals surface area (Å²) in [5.74, 6) is -27.2. The summed E-state index contributed by atoms with van der Waals surface area (Å²) in [5, 5.41) is 36.6. The van der Waals surface area contributed by atoms with Gasteiger partial charge in [0.2, 0.25) is 48.9 Å². The van der Waals surface area contributed by atoms with Gasteiger partial charge >= 0.3 is 11.4 Å². The fourth-order valence-electron chi connectivity index (χ4n) is 12.0. The number of aliphatic hydroxyl groups excluding tert-OH is 4. The quantitative estimate of drug-likeness (QED) is 0.115. The van der Waals surface area contributed by atoms with Crippen molar-refractivity contribution in [1.29, 1.82) is 0 Å². The number of amides is 3. The molecule has 0 aromatic carbocycles. The number of rotatable bonds is 14. The van der Waals surface area contributed by atoms with Crippen LogP contribution in [0.1, 0.15) is 106 Å². The highest BCUT2D eigenvalue weighted by Crippen LogP contribution is 2.55. The van der Waals surface area contributed by atoms with Gasteiger partial charge in [0.25, 0.3) is 40.7 Å². The molecule has 8 aliphatic rings. The molecule has 10 rings (SSSR count). The third-order valence-corrected chi connectivity index (χ3v) is 19.3. The minimum atomic E-state index is -3.55. The third-order valence-electron chi connectivity index (χ3n) is 19.3. The van der Waals surface area contributed by atoms with Crippen molar-refractivity contribution in [1.82, 2.24) is 33.8 Å². The summed E-state index contributed by atoms with van der Waals surface area (Å²) < 4.78 is 196. The Morgan fingerprint density at radius 2 is 0.745 bits per heavy atom. The highest BCUT2D eigenvalue weighted by Gasteiger charge is 2.69. The van der Waals surface area contributed by atoms with Gasteiger partial charge in [-0.2, -0.15) is 0 Å². The number of aromatic amines is 2. The van der Waals surface area contributed by atoms with Crippen LogP contribution in [0.3, 0.4) is 0 Å². The van der Waals surface area contributed by atoms with Crippen LogP contribution >= 0.6 is 0 Å². The maximum absolute atomic E-state index is 14.5. The van der Waals surface area contributed by atoms with Crippen molar-refractivity contribution in [3.63, 3.8) is 0 Å². The largest absolute Gasteiger partial charge is 0.394 e. The van der Waals surface area contributed by atoms with Crippen molar-refractivity contribution in [2.75, 3.05) is 39.8 Å². The second-order valence-electron chi connectivity index (χ2n) is 24.5. The second-order valence-corrected chi connectivity index (χ2v) is 24.5. The van der Waals surface area contributed by atoms with Crippen LogP contribution in [0, 0.1) is 29.6 Å². The predicted octanol–water partition coefficient (Wildman–Crippen LogP) is 3.92. The maximum atomic E-state index is 14.5. The lowest BCUT2D eigenvalue weighted by Gasteiger charge is -2.32. The molecule has 2 aromatic rings. The number of carbonyl (C=O) groups is 6. The molecule has 6 N–H and O–H groups in total. The molecule has 0 aliphatic carbocycles. The molecular weight excluding hydrogens is 1350 g/mol.